The van der Waals surface area contributed by atoms with E-state index >= 15 is 0 Å². The molecule has 1 aliphatic heterocycles. The van der Waals surface area contributed by atoms with Gasteiger partial charge < -0.3 is 20.7 Å². The van der Waals surface area contributed by atoms with Gasteiger partial charge in [0, 0.05) is 24.5 Å². The lowest BCUT2D eigenvalue weighted by Crippen LogP contribution is -2.27. The summed E-state index contributed by atoms with van der Waals surface area (Å²) in [7, 11) is 0. The number of nitrogen functional groups attached to an aromatic ring is 1. The van der Waals surface area contributed by atoms with Gasteiger partial charge in [-0.3, -0.25) is 0 Å². The molecule has 152 valence electrons. The number of unbranched alkanes of at least 4 members (excludes halogenated alkanes) is 1. The molecular weight excluding hydrogens is 388 g/mol. The molecule has 0 atom stereocenters. The number of alkyl halides is 2. The third-order valence-corrected chi connectivity index (χ3v) is 4.88. The van der Waals surface area contributed by atoms with E-state index in [-0.39, 0.29) is 30.5 Å². The average molecular weight is 412 g/mol. The van der Waals surface area contributed by atoms with Crippen molar-refractivity contribution in [2.24, 2.45) is 0 Å². The maximum atomic E-state index is 13.7. The average Bonchev–Trinajstić information content (AvgIpc) is 3.02. The van der Waals surface area contributed by atoms with E-state index in [4.69, 9.17) is 22.1 Å². The number of halogens is 3. The Kier molecular flexibility index (Phi) is 6.39. The first-order valence-electron chi connectivity index (χ1n) is 9.30. The Morgan fingerprint density at radius 1 is 1.32 bits per heavy atom. The maximum absolute atomic E-state index is 13.7. The molecule has 2 aromatic rings. The molecule has 6 nitrogen and oxygen atoms in total. The van der Waals surface area contributed by atoms with Crippen molar-refractivity contribution >= 4 is 28.9 Å². The molecule has 1 aliphatic rings. The summed E-state index contributed by atoms with van der Waals surface area (Å²) >= 11 is 6.19. The molecular formula is C19H24ClF2N5O. The summed E-state index contributed by atoms with van der Waals surface area (Å²) in [5.41, 5.74) is 7.30. The van der Waals surface area contributed by atoms with Crippen molar-refractivity contribution < 1.29 is 13.5 Å². The molecule has 0 spiro atoms. The highest BCUT2D eigenvalue weighted by molar-refractivity contribution is 6.31. The van der Waals surface area contributed by atoms with E-state index in [1.165, 1.54) is 4.90 Å². The minimum Gasteiger partial charge on any atom is -0.463 e. The van der Waals surface area contributed by atoms with E-state index in [9.17, 15) is 8.78 Å². The van der Waals surface area contributed by atoms with Crippen LogP contribution in [0.4, 0.5) is 26.1 Å². The highest BCUT2D eigenvalue weighted by Crippen LogP contribution is 2.36. The predicted molar refractivity (Wildman–Crippen MR) is 107 cm³/mol. The van der Waals surface area contributed by atoms with E-state index < -0.39 is 12.5 Å². The molecule has 2 heterocycles. The minimum absolute atomic E-state index is 0.120. The van der Waals surface area contributed by atoms with Crippen LogP contribution in [-0.2, 0) is 6.54 Å². The van der Waals surface area contributed by atoms with Crippen molar-refractivity contribution in [1.29, 1.82) is 0 Å². The molecule has 9 heteroatoms. The smallest absolute Gasteiger partial charge is 0.320 e. The second kappa shape index (κ2) is 8.77. The SMILES string of the molecule is CCCCOc1nc(NCc2ccccc2Cl)c(N)c(N2CCC(F)(F)C2)n1. The number of hydrogen-bond acceptors (Lipinski definition) is 6. The second-order valence-corrected chi connectivity index (χ2v) is 7.17. The predicted octanol–water partition coefficient (Wildman–Crippen LogP) is 4.35. The fourth-order valence-corrected chi connectivity index (χ4v) is 3.13. The lowest BCUT2D eigenvalue weighted by atomic mass is 10.2. The molecule has 0 aliphatic carbocycles. The van der Waals surface area contributed by atoms with Crippen LogP contribution in [0.3, 0.4) is 0 Å². The highest BCUT2D eigenvalue weighted by Gasteiger charge is 2.40. The summed E-state index contributed by atoms with van der Waals surface area (Å²) in [6.07, 6.45) is 1.57. The first kappa shape index (κ1) is 20.4. The number of anilines is 3. The van der Waals surface area contributed by atoms with Gasteiger partial charge >= 0.3 is 6.01 Å². The molecule has 1 fully saturated rings. The molecule has 0 amide bonds. The zero-order chi connectivity index (χ0) is 20.1. The van der Waals surface area contributed by atoms with Gasteiger partial charge in [0.25, 0.3) is 5.92 Å². The van der Waals surface area contributed by atoms with Crippen LogP contribution in [0, 0.1) is 0 Å². The maximum Gasteiger partial charge on any atom is 0.320 e. The van der Waals surface area contributed by atoms with Crippen molar-refractivity contribution in [1.82, 2.24) is 9.97 Å². The van der Waals surface area contributed by atoms with Crippen LogP contribution in [0.1, 0.15) is 31.7 Å². The summed E-state index contributed by atoms with van der Waals surface area (Å²) in [6.45, 7) is 2.62. The van der Waals surface area contributed by atoms with Crippen LogP contribution >= 0.6 is 11.6 Å². The summed E-state index contributed by atoms with van der Waals surface area (Å²) in [4.78, 5) is 10.1. The summed E-state index contributed by atoms with van der Waals surface area (Å²) < 4.78 is 33.0. The number of ether oxygens (including phenoxy) is 1. The Bertz CT molecular complexity index is 821. The van der Waals surface area contributed by atoms with Crippen molar-refractivity contribution in [3.05, 3.63) is 34.9 Å². The lowest BCUT2D eigenvalue weighted by Gasteiger charge is -2.21. The van der Waals surface area contributed by atoms with Crippen molar-refractivity contribution in [2.75, 3.05) is 35.6 Å². The van der Waals surface area contributed by atoms with Crippen LogP contribution in [0.25, 0.3) is 0 Å². The van der Waals surface area contributed by atoms with E-state index in [1.807, 2.05) is 25.1 Å². The Balaban J connectivity index is 1.85. The fraction of sp³-hybridized carbons (Fsp3) is 0.474. The Morgan fingerprint density at radius 3 is 2.79 bits per heavy atom. The summed E-state index contributed by atoms with van der Waals surface area (Å²) in [5, 5.41) is 3.74. The fourth-order valence-electron chi connectivity index (χ4n) is 2.92. The Morgan fingerprint density at radius 2 is 2.11 bits per heavy atom. The minimum atomic E-state index is -2.76. The monoisotopic (exact) mass is 411 g/mol. The van der Waals surface area contributed by atoms with Crippen LogP contribution in [0.2, 0.25) is 5.02 Å². The highest BCUT2D eigenvalue weighted by atomic mass is 35.5. The van der Waals surface area contributed by atoms with Crippen LogP contribution in [-0.4, -0.2) is 35.6 Å². The van der Waals surface area contributed by atoms with Crippen LogP contribution < -0.4 is 20.7 Å². The second-order valence-electron chi connectivity index (χ2n) is 6.77. The molecule has 1 aromatic heterocycles. The zero-order valence-electron chi connectivity index (χ0n) is 15.7. The first-order valence-corrected chi connectivity index (χ1v) is 9.68. The number of benzene rings is 1. The summed E-state index contributed by atoms with van der Waals surface area (Å²) in [6, 6.07) is 7.51. The van der Waals surface area contributed by atoms with Crippen molar-refractivity contribution in [3.63, 3.8) is 0 Å². The van der Waals surface area contributed by atoms with Gasteiger partial charge in [-0.2, -0.15) is 9.97 Å². The number of nitrogens with one attached hydrogen (secondary N) is 1. The molecule has 0 bridgehead atoms. The van der Waals surface area contributed by atoms with Gasteiger partial charge in [-0.25, -0.2) is 8.78 Å². The van der Waals surface area contributed by atoms with Gasteiger partial charge in [0.2, 0.25) is 0 Å². The molecule has 3 N–H and O–H groups in total. The largest absolute Gasteiger partial charge is 0.463 e. The lowest BCUT2D eigenvalue weighted by molar-refractivity contribution is 0.0256. The molecule has 1 aromatic carbocycles. The number of nitrogens with two attached hydrogens (primary N) is 1. The van der Waals surface area contributed by atoms with Gasteiger partial charge in [0.05, 0.1) is 13.2 Å². The Hall–Kier alpha value is -2.35. The molecule has 0 unspecified atom stereocenters. The van der Waals surface area contributed by atoms with Gasteiger partial charge in [0.1, 0.15) is 5.69 Å². The molecule has 0 saturated carbocycles. The number of nitrogens with zero attached hydrogens (tertiary/aromatic N) is 3. The van der Waals surface area contributed by atoms with E-state index in [0.29, 0.717) is 24.0 Å². The molecule has 3 rings (SSSR count). The van der Waals surface area contributed by atoms with Crippen molar-refractivity contribution in [3.8, 4) is 6.01 Å². The van der Waals surface area contributed by atoms with Gasteiger partial charge in [0.15, 0.2) is 11.6 Å². The van der Waals surface area contributed by atoms with Gasteiger partial charge in [-0.05, 0) is 18.1 Å². The number of rotatable bonds is 8. The number of aromatic nitrogens is 2. The molecule has 28 heavy (non-hydrogen) atoms. The normalized spacial score (nSPS) is 15.6. The van der Waals surface area contributed by atoms with E-state index in [2.05, 4.69) is 15.3 Å². The number of hydrogen-bond donors (Lipinski definition) is 2. The molecule has 1 saturated heterocycles. The standard InChI is InChI=1S/C19H24ClF2N5O/c1-2-3-10-28-18-25-16(24-11-13-6-4-5-7-14(13)20)15(23)17(26-18)27-9-8-19(21,22)12-27/h4-7H,2-3,8-12,23H2,1H3,(H,24,25,26). The third kappa shape index (κ3) is 4.92. The first-order chi connectivity index (χ1) is 13.4. The van der Waals surface area contributed by atoms with Crippen LogP contribution in [0.5, 0.6) is 6.01 Å². The Labute approximate surface area is 168 Å². The van der Waals surface area contributed by atoms with Crippen molar-refractivity contribution in [2.45, 2.75) is 38.7 Å². The zero-order valence-corrected chi connectivity index (χ0v) is 16.5. The quantitative estimate of drug-likeness (QED) is 0.629. The molecule has 0 radical (unpaired) electrons. The third-order valence-electron chi connectivity index (χ3n) is 4.51. The van der Waals surface area contributed by atoms with Gasteiger partial charge in [-0.15, -0.1) is 0 Å². The van der Waals surface area contributed by atoms with Crippen LogP contribution in [0.15, 0.2) is 24.3 Å². The van der Waals surface area contributed by atoms with Gasteiger partial charge in [-0.1, -0.05) is 43.1 Å². The summed E-state index contributed by atoms with van der Waals surface area (Å²) in [5.74, 6) is -2.15. The van der Waals surface area contributed by atoms with E-state index in [0.717, 1.165) is 18.4 Å². The van der Waals surface area contributed by atoms with E-state index in [1.54, 1.807) is 6.07 Å². The topological polar surface area (TPSA) is 76.3 Å².